The average Bonchev–Trinajstić information content (AvgIpc) is 2.45. The summed E-state index contributed by atoms with van der Waals surface area (Å²) in [6.45, 7) is 7.76. The highest BCUT2D eigenvalue weighted by Crippen LogP contribution is 2.21. The number of pyridine rings is 1. The van der Waals surface area contributed by atoms with Crippen molar-refractivity contribution >= 4 is 17.4 Å². The van der Waals surface area contributed by atoms with Crippen LogP contribution in [0.1, 0.15) is 38.2 Å². The average molecular weight is 291 g/mol. The van der Waals surface area contributed by atoms with Crippen molar-refractivity contribution in [2.24, 2.45) is 0 Å². The van der Waals surface area contributed by atoms with Crippen molar-refractivity contribution in [2.45, 2.75) is 33.2 Å². The van der Waals surface area contributed by atoms with Gasteiger partial charge in [-0.15, -0.1) is 0 Å². The Morgan fingerprint density at radius 2 is 2.05 bits per heavy atom. The molecule has 0 saturated carbocycles. The molecule has 0 aromatic carbocycles. The molecule has 0 unspecified atom stereocenters. The van der Waals surface area contributed by atoms with E-state index in [9.17, 15) is 0 Å². The Balaban J connectivity index is 2.27. The maximum atomic E-state index is 6.10. The van der Waals surface area contributed by atoms with Crippen molar-refractivity contribution in [3.05, 3.63) is 47.1 Å². The van der Waals surface area contributed by atoms with Crippen molar-refractivity contribution in [3.8, 4) is 0 Å². The summed E-state index contributed by atoms with van der Waals surface area (Å²) in [5.41, 5.74) is 1.01. The SMILES string of the molecule is CCN(Cc1ccccn1)c1cc(Cl)nc(C(C)C)n1. The lowest BCUT2D eigenvalue weighted by Gasteiger charge is -2.22. The molecule has 0 atom stereocenters. The van der Waals surface area contributed by atoms with Crippen LogP contribution in [0.5, 0.6) is 0 Å². The van der Waals surface area contributed by atoms with Gasteiger partial charge < -0.3 is 4.90 Å². The summed E-state index contributed by atoms with van der Waals surface area (Å²) < 4.78 is 0. The number of anilines is 1. The summed E-state index contributed by atoms with van der Waals surface area (Å²) >= 11 is 6.10. The first kappa shape index (κ1) is 14.7. The van der Waals surface area contributed by atoms with E-state index in [1.54, 1.807) is 12.3 Å². The standard InChI is InChI=1S/C15H19ClN4/c1-4-20(10-12-7-5-6-8-17-12)14-9-13(16)18-15(19-14)11(2)3/h5-9,11H,4,10H2,1-3H3. The lowest BCUT2D eigenvalue weighted by molar-refractivity contribution is 0.742. The van der Waals surface area contributed by atoms with Gasteiger partial charge in [0.15, 0.2) is 0 Å². The summed E-state index contributed by atoms with van der Waals surface area (Å²) in [4.78, 5) is 15.4. The monoisotopic (exact) mass is 290 g/mol. The molecule has 0 spiro atoms. The fourth-order valence-electron chi connectivity index (χ4n) is 1.89. The quantitative estimate of drug-likeness (QED) is 0.788. The predicted molar refractivity (Wildman–Crippen MR) is 82.1 cm³/mol. The molecule has 0 bridgehead atoms. The summed E-state index contributed by atoms with van der Waals surface area (Å²) in [5.74, 6) is 1.87. The van der Waals surface area contributed by atoms with Gasteiger partial charge in [0, 0.05) is 24.7 Å². The first-order valence-electron chi connectivity index (χ1n) is 6.79. The molecule has 2 heterocycles. The highest BCUT2D eigenvalue weighted by Gasteiger charge is 2.12. The Hall–Kier alpha value is -1.68. The molecule has 0 amide bonds. The molecule has 20 heavy (non-hydrogen) atoms. The third-order valence-electron chi connectivity index (χ3n) is 3.00. The van der Waals surface area contributed by atoms with E-state index in [1.165, 1.54) is 0 Å². The molecule has 0 aliphatic carbocycles. The largest absolute Gasteiger partial charge is 0.351 e. The number of rotatable bonds is 5. The van der Waals surface area contributed by atoms with E-state index in [4.69, 9.17) is 11.6 Å². The van der Waals surface area contributed by atoms with E-state index < -0.39 is 0 Å². The zero-order chi connectivity index (χ0) is 14.5. The number of hydrogen-bond donors (Lipinski definition) is 0. The Bertz CT molecular complexity index is 557. The van der Waals surface area contributed by atoms with Crippen LogP contribution in [0.4, 0.5) is 5.82 Å². The van der Waals surface area contributed by atoms with Crippen molar-refractivity contribution in [1.29, 1.82) is 0 Å². The molecule has 2 rings (SSSR count). The van der Waals surface area contributed by atoms with Crippen LogP contribution < -0.4 is 4.90 Å². The molecule has 5 heteroatoms. The van der Waals surface area contributed by atoms with Crippen LogP contribution in [0, 0.1) is 0 Å². The van der Waals surface area contributed by atoms with Gasteiger partial charge in [-0.1, -0.05) is 31.5 Å². The van der Waals surface area contributed by atoms with Crippen molar-refractivity contribution in [1.82, 2.24) is 15.0 Å². The Kier molecular flexibility index (Phi) is 4.90. The van der Waals surface area contributed by atoms with E-state index in [1.807, 2.05) is 18.2 Å². The van der Waals surface area contributed by atoms with Gasteiger partial charge in [-0.2, -0.15) is 0 Å². The van der Waals surface area contributed by atoms with Crippen LogP contribution in [0.15, 0.2) is 30.5 Å². The van der Waals surface area contributed by atoms with Gasteiger partial charge in [0.25, 0.3) is 0 Å². The van der Waals surface area contributed by atoms with E-state index >= 15 is 0 Å². The number of aromatic nitrogens is 3. The molecule has 0 saturated heterocycles. The first-order valence-corrected chi connectivity index (χ1v) is 7.17. The summed E-state index contributed by atoms with van der Waals surface area (Å²) in [6, 6.07) is 7.72. The zero-order valence-electron chi connectivity index (χ0n) is 12.0. The summed E-state index contributed by atoms with van der Waals surface area (Å²) in [6.07, 6.45) is 1.80. The van der Waals surface area contributed by atoms with Gasteiger partial charge in [0.05, 0.1) is 12.2 Å². The van der Waals surface area contributed by atoms with E-state index in [0.717, 1.165) is 23.9 Å². The van der Waals surface area contributed by atoms with Gasteiger partial charge in [-0.05, 0) is 19.1 Å². The number of hydrogen-bond acceptors (Lipinski definition) is 4. The Morgan fingerprint density at radius 3 is 2.65 bits per heavy atom. The molecule has 0 radical (unpaired) electrons. The second kappa shape index (κ2) is 6.66. The van der Waals surface area contributed by atoms with Gasteiger partial charge >= 0.3 is 0 Å². The minimum Gasteiger partial charge on any atom is -0.351 e. The minimum absolute atomic E-state index is 0.251. The molecule has 0 fully saturated rings. The van der Waals surface area contributed by atoms with Gasteiger partial charge in [-0.25, -0.2) is 9.97 Å². The van der Waals surface area contributed by atoms with Crippen LogP contribution >= 0.6 is 11.6 Å². The highest BCUT2D eigenvalue weighted by atomic mass is 35.5. The topological polar surface area (TPSA) is 41.9 Å². The molecule has 4 nitrogen and oxygen atoms in total. The molecule has 0 aliphatic rings. The second-order valence-corrected chi connectivity index (χ2v) is 5.28. The summed E-state index contributed by atoms with van der Waals surface area (Å²) in [7, 11) is 0. The molecule has 106 valence electrons. The predicted octanol–water partition coefficient (Wildman–Crippen LogP) is 3.67. The zero-order valence-corrected chi connectivity index (χ0v) is 12.8. The van der Waals surface area contributed by atoms with Crippen molar-refractivity contribution < 1.29 is 0 Å². The van der Waals surface area contributed by atoms with Crippen LogP contribution in [-0.2, 0) is 6.54 Å². The fourth-order valence-corrected chi connectivity index (χ4v) is 2.07. The molecule has 2 aromatic heterocycles. The molecular weight excluding hydrogens is 272 g/mol. The lowest BCUT2D eigenvalue weighted by atomic mass is 10.2. The van der Waals surface area contributed by atoms with Gasteiger partial charge in [0.1, 0.15) is 16.8 Å². The number of halogens is 1. The van der Waals surface area contributed by atoms with E-state index in [0.29, 0.717) is 11.7 Å². The van der Waals surface area contributed by atoms with E-state index in [2.05, 4.69) is 40.6 Å². The van der Waals surface area contributed by atoms with E-state index in [-0.39, 0.29) is 5.92 Å². The lowest BCUT2D eigenvalue weighted by Crippen LogP contribution is -2.24. The van der Waals surface area contributed by atoms with Crippen LogP contribution in [0.2, 0.25) is 5.15 Å². The van der Waals surface area contributed by atoms with Gasteiger partial charge in [-0.3, -0.25) is 4.98 Å². The third-order valence-corrected chi connectivity index (χ3v) is 3.19. The molecule has 0 aliphatic heterocycles. The van der Waals surface area contributed by atoms with Crippen LogP contribution in [-0.4, -0.2) is 21.5 Å². The first-order chi connectivity index (χ1) is 9.60. The van der Waals surface area contributed by atoms with Gasteiger partial charge in [0.2, 0.25) is 0 Å². The highest BCUT2D eigenvalue weighted by molar-refractivity contribution is 6.29. The van der Waals surface area contributed by atoms with Crippen LogP contribution in [0.25, 0.3) is 0 Å². The molecule has 2 aromatic rings. The summed E-state index contributed by atoms with van der Waals surface area (Å²) in [5, 5.41) is 0.484. The number of nitrogens with zero attached hydrogens (tertiary/aromatic N) is 4. The minimum atomic E-state index is 0.251. The normalized spacial score (nSPS) is 10.8. The fraction of sp³-hybridized carbons (Fsp3) is 0.400. The second-order valence-electron chi connectivity index (χ2n) is 4.90. The maximum Gasteiger partial charge on any atom is 0.135 e. The Labute approximate surface area is 124 Å². The van der Waals surface area contributed by atoms with Crippen molar-refractivity contribution in [2.75, 3.05) is 11.4 Å². The smallest absolute Gasteiger partial charge is 0.135 e. The Morgan fingerprint density at radius 1 is 1.25 bits per heavy atom. The maximum absolute atomic E-state index is 6.10. The molecule has 0 N–H and O–H groups in total. The van der Waals surface area contributed by atoms with Crippen molar-refractivity contribution in [3.63, 3.8) is 0 Å². The third kappa shape index (κ3) is 3.67. The molecular formula is C15H19ClN4. The van der Waals surface area contributed by atoms with Crippen LogP contribution in [0.3, 0.4) is 0 Å².